The van der Waals surface area contributed by atoms with E-state index in [1.54, 1.807) is 0 Å². The summed E-state index contributed by atoms with van der Waals surface area (Å²) in [4.78, 5) is 4.81. The third-order valence-electron chi connectivity index (χ3n) is 3.42. The van der Waals surface area contributed by atoms with Crippen molar-refractivity contribution in [2.45, 2.75) is 20.0 Å². The van der Waals surface area contributed by atoms with Crippen LogP contribution < -0.4 is 5.73 Å². The number of benzene rings is 1. The molecule has 3 nitrogen and oxygen atoms in total. The largest absolute Gasteiger partial charge is 0.398 e. The average Bonchev–Trinajstić information content (AvgIpc) is 2.70. The van der Waals surface area contributed by atoms with Crippen LogP contribution in [0.1, 0.15) is 18.1 Å². The minimum atomic E-state index is 0.948. The molecule has 0 radical (unpaired) electrons. The maximum Gasteiger partial charge on any atom is 0.0363 e. The third kappa shape index (κ3) is 2.36. The molecule has 0 bridgehead atoms. The molecule has 0 atom stereocenters. The first-order valence-corrected chi connectivity index (χ1v) is 5.98. The van der Waals surface area contributed by atoms with Gasteiger partial charge in [0, 0.05) is 31.9 Å². The summed E-state index contributed by atoms with van der Waals surface area (Å²) in [6.07, 6.45) is 0. The molecule has 0 aromatic heterocycles. The van der Waals surface area contributed by atoms with Crippen LogP contribution in [-0.4, -0.2) is 36.5 Å². The lowest BCUT2D eigenvalue weighted by Crippen LogP contribution is -2.30. The Balaban J connectivity index is 1.93. The van der Waals surface area contributed by atoms with Gasteiger partial charge in [-0.15, -0.1) is 0 Å². The average molecular weight is 219 g/mol. The van der Waals surface area contributed by atoms with Gasteiger partial charge in [-0.25, -0.2) is 0 Å². The molecular formula is C13H21N3. The van der Waals surface area contributed by atoms with E-state index in [-0.39, 0.29) is 0 Å². The van der Waals surface area contributed by atoms with Gasteiger partial charge in [-0.3, -0.25) is 4.90 Å². The van der Waals surface area contributed by atoms with Gasteiger partial charge in [0.1, 0.15) is 0 Å². The summed E-state index contributed by atoms with van der Waals surface area (Å²) in [5, 5.41) is 0. The van der Waals surface area contributed by atoms with E-state index in [0.717, 1.165) is 38.4 Å². The molecular weight excluding hydrogens is 198 g/mol. The van der Waals surface area contributed by atoms with Crippen LogP contribution in [0.4, 0.5) is 5.69 Å². The second kappa shape index (κ2) is 4.85. The fourth-order valence-corrected chi connectivity index (χ4v) is 2.14. The summed E-state index contributed by atoms with van der Waals surface area (Å²) in [6, 6.07) is 6.24. The van der Waals surface area contributed by atoms with Crippen molar-refractivity contribution in [1.82, 2.24) is 9.80 Å². The van der Waals surface area contributed by atoms with Crippen molar-refractivity contribution >= 4 is 5.69 Å². The molecule has 1 aromatic carbocycles. The molecule has 0 fully saturated rings. The molecule has 1 heterocycles. The highest BCUT2D eigenvalue weighted by atomic mass is 15.2. The molecule has 16 heavy (non-hydrogen) atoms. The number of likely N-dealkylation sites (N-methyl/N-ethyl adjacent to an activating group) is 1. The summed E-state index contributed by atoms with van der Waals surface area (Å²) < 4.78 is 0. The van der Waals surface area contributed by atoms with E-state index in [1.807, 2.05) is 6.07 Å². The Bertz CT molecular complexity index is 362. The van der Waals surface area contributed by atoms with Gasteiger partial charge in [0.25, 0.3) is 0 Å². The molecule has 2 N–H and O–H groups in total. The normalized spacial score (nSPS) is 15.7. The molecule has 0 amide bonds. The topological polar surface area (TPSA) is 32.5 Å². The van der Waals surface area contributed by atoms with Gasteiger partial charge in [0.2, 0.25) is 0 Å². The van der Waals surface area contributed by atoms with Crippen LogP contribution >= 0.6 is 0 Å². The lowest BCUT2D eigenvalue weighted by molar-refractivity contribution is 0.233. The lowest BCUT2D eigenvalue weighted by atomic mass is 10.1. The Morgan fingerprint density at radius 3 is 2.88 bits per heavy atom. The number of anilines is 1. The number of fused-ring (bicyclic) bond motifs is 1. The van der Waals surface area contributed by atoms with E-state index in [4.69, 9.17) is 5.73 Å². The summed E-state index contributed by atoms with van der Waals surface area (Å²) >= 11 is 0. The highest BCUT2D eigenvalue weighted by Crippen LogP contribution is 2.26. The SMILES string of the molecule is CCN(C)CCN1Cc2cccc(N)c2C1. The standard InChI is InChI=1S/C13H21N3/c1-3-15(2)7-8-16-9-11-5-4-6-13(14)12(11)10-16/h4-6H,3,7-10,14H2,1-2H3. The summed E-state index contributed by atoms with van der Waals surface area (Å²) in [5.74, 6) is 0. The van der Waals surface area contributed by atoms with Crippen molar-refractivity contribution in [3.05, 3.63) is 29.3 Å². The zero-order chi connectivity index (χ0) is 11.5. The Morgan fingerprint density at radius 2 is 2.19 bits per heavy atom. The van der Waals surface area contributed by atoms with Crippen LogP contribution in [0.15, 0.2) is 18.2 Å². The Labute approximate surface area is 97.8 Å². The van der Waals surface area contributed by atoms with Crippen LogP contribution in [0, 0.1) is 0 Å². The zero-order valence-electron chi connectivity index (χ0n) is 10.2. The molecule has 0 spiro atoms. The second-order valence-electron chi connectivity index (χ2n) is 4.59. The minimum absolute atomic E-state index is 0.948. The van der Waals surface area contributed by atoms with Gasteiger partial charge in [-0.1, -0.05) is 19.1 Å². The van der Waals surface area contributed by atoms with Gasteiger partial charge >= 0.3 is 0 Å². The molecule has 0 saturated heterocycles. The molecule has 0 saturated carbocycles. The van der Waals surface area contributed by atoms with Gasteiger partial charge in [0.05, 0.1) is 0 Å². The molecule has 0 unspecified atom stereocenters. The fraction of sp³-hybridized carbons (Fsp3) is 0.538. The van der Waals surface area contributed by atoms with Crippen molar-refractivity contribution in [2.24, 2.45) is 0 Å². The molecule has 2 rings (SSSR count). The molecule has 0 aliphatic carbocycles. The van der Waals surface area contributed by atoms with E-state index in [0.29, 0.717) is 0 Å². The molecule has 1 aliphatic heterocycles. The highest BCUT2D eigenvalue weighted by Gasteiger charge is 2.20. The van der Waals surface area contributed by atoms with Gasteiger partial charge < -0.3 is 10.6 Å². The highest BCUT2D eigenvalue weighted by molar-refractivity contribution is 5.52. The van der Waals surface area contributed by atoms with Crippen LogP contribution in [0.3, 0.4) is 0 Å². The van der Waals surface area contributed by atoms with E-state index in [2.05, 4.69) is 35.9 Å². The molecule has 88 valence electrons. The number of hydrogen-bond acceptors (Lipinski definition) is 3. The van der Waals surface area contributed by atoms with E-state index < -0.39 is 0 Å². The Kier molecular flexibility index (Phi) is 3.46. The quantitative estimate of drug-likeness (QED) is 0.780. The number of nitrogen functional groups attached to an aromatic ring is 1. The number of nitrogens with zero attached hydrogens (tertiary/aromatic N) is 2. The van der Waals surface area contributed by atoms with Gasteiger partial charge in [0.15, 0.2) is 0 Å². The predicted octanol–water partition coefficient (Wildman–Crippen LogP) is 1.54. The predicted molar refractivity (Wildman–Crippen MR) is 68.1 cm³/mol. The van der Waals surface area contributed by atoms with E-state index in [1.165, 1.54) is 11.1 Å². The first-order chi connectivity index (χ1) is 7.70. The van der Waals surface area contributed by atoms with Crippen LogP contribution in [0.2, 0.25) is 0 Å². The first kappa shape index (κ1) is 11.4. The van der Waals surface area contributed by atoms with Crippen LogP contribution in [0.25, 0.3) is 0 Å². The van der Waals surface area contributed by atoms with E-state index in [9.17, 15) is 0 Å². The number of hydrogen-bond donors (Lipinski definition) is 1. The molecule has 3 heteroatoms. The van der Waals surface area contributed by atoms with Crippen molar-refractivity contribution < 1.29 is 0 Å². The third-order valence-corrected chi connectivity index (χ3v) is 3.42. The lowest BCUT2D eigenvalue weighted by Gasteiger charge is -2.19. The van der Waals surface area contributed by atoms with E-state index >= 15 is 0 Å². The summed E-state index contributed by atoms with van der Waals surface area (Å²) in [7, 11) is 2.16. The zero-order valence-corrected chi connectivity index (χ0v) is 10.2. The van der Waals surface area contributed by atoms with Gasteiger partial charge in [-0.2, -0.15) is 0 Å². The Morgan fingerprint density at radius 1 is 1.38 bits per heavy atom. The Hall–Kier alpha value is -1.06. The maximum atomic E-state index is 5.98. The summed E-state index contributed by atoms with van der Waals surface area (Å²) in [6.45, 7) is 7.62. The van der Waals surface area contributed by atoms with Crippen molar-refractivity contribution in [3.63, 3.8) is 0 Å². The smallest absolute Gasteiger partial charge is 0.0363 e. The molecule has 1 aliphatic rings. The fourth-order valence-electron chi connectivity index (χ4n) is 2.14. The van der Waals surface area contributed by atoms with Crippen LogP contribution in [0.5, 0.6) is 0 Å². The van der Waals surface area contributed by atoms with Crippen molar-refractivity contribution in [2.75, 3.05) is 32.4 Å². The van der Waals surface area contributed by atoms with Crippen molar-refractivity contribution in [1.29, 1.82) is 0 Å². The first-order valence-electron chi connectivity index (χ1n) is 5.98. The van der Waals surface area contributed by atoms with Crippen molar-refractivity contribution in [3.8, 4) is 0 Å². The minimum Gasteiger partial charge on any atom is -0.398 e. The van der Waals surface area contributed by atoms with Crippen LogP contribution in [-0.2, 0) is 13.1 Å². The number of rotatable bonds is 4. The van der Waals surface area contributed by atoms with Gasteiger partial charge in [-0.05, 0) is 30.8 Å². The maximum absolute atomic E-state index is 5.98. The second-order valence-corrected chi connectivity index (χ2v) is 4.59. The summed E-state index contributed by atoms with van der Waals surface area (Å²) in [5.41, 5.74) is 9.66. The number of nitrogens with two attached hydrogens (primary N) is 1. The molecule has 1 aromatic rings. The monoisotopic (exact) mass is 219 g/mol.